The van der Waals surface area contributed by atoms with Crippen molar-refractivity contribution < 1.29 is 4.79 Å². The Morgan fingerprint density at radius 2 is 2.05 bits per heavy atom. The van der Waals surface area contributed by atoms with Gasteiger partial charge in [-0.1, -0.05) is 37.3 Å². The van der Waals surface area contributed by atoms with Gasteiger partial charge in [-0.3, -0.25) is 9.48 Å². The molecule has 0 aliphatic heterocycles. The van der Waals surface area contributed by atoms with Gasteiger partial charge >= 0.3 is 0 Å². The predicted octanol–water partition coefficient (Wildman–Crippen LogP) is 3.58. The molecule has 1 aromatic heterocycles. The molecule has 0 fully saturated rings. The summed E-state index contributed by atoms with van der Waals surface area (Å²) in [7, 11) is 0. The van der Waals surface area contributed by atoms with Gasteiger partial charge in [0.05, 0.1) is 0 Å². The van der Waals surface area contributed by atoms with Crippen molar-refractivity contribution in [2.75, 3.05) is 5.75 Å². The fourth-order valence-electron chi connectivity index (χ4n) is 2.08. The van der Waals surface area contributed by atoms with Crippen LogP contribution >= 0.6 is 11.8 Å². The lowest BCUT2D eigenvalue weighted by Gasteiger charge is -2.28. The smallest absolute Gasteiger partial charge is 0.166 e. The van der Waals surface area contributed by atoms with E-state index in [9.17, 15) is 4.79 Å². The van der Waals surface area contributed by atoms with Crippen molar-refractivity contribution in [3.8, 4) is 0 Å². The molecule has 100 valence electrons. The van der Waals surface area contributed by atoms with E-state index in [1.54, 1.807) is 18.0 Å². The topological polar surface area (TPSA) is 34.9 Å². The molecule has 3 nitrogen and oxygen atoms in total. The number of nitrogens with zero attached hydrogens (tertiary/aromatic N) is 2. The molecule has 0 N–H and O–H groups in total. The zero-order valence-electron chi connectivity index (χ0n) is 11.2. The monoisotopic (exact) mass is 274 g/mol. The lowest BCUT2D eigenvalue weighted by atomic mass is 10.0. The van der Waals surface area contributed by atoms with E-state index in [4.69, 9.17) is 0 Å². The van der Waals surface area contributed by atoms with Crippen LogP contribution in [-0.2, 0) is 4.87 Å². The Balaban J connectivity index is 2.20. The Morgan fingerprint density at radius 1 is 1.32 bits per heavy atom. The quantitative estimate of drug-likeness (QED) is 0.755. The molecule has 0 spiro atoms. The highest BCUT2D eigenvalue weighted by Gasteiger charge is 2.30. The van der Waals surface area contributed by atoms with E-state index in [1.165, 1.54) is 0 Å². The maximum Gasteiger partial charge on any atom is 0.166 e. The molecule has 0 aliphatic carbocycles. The molecule has 1 heterocycles. The Bertz CT molecular complexity index is 524. The average Bonchev–Trinajstić information content (AvgIpc) is 2.94. The first-order valence-corrected chi connectivity index (χ1v) is 7.36. The summed E-state index contributed by atoms with van der Waals surface area (Å²) in [5, 5.41) is 4.30. The van der Waals surface area contributed by atoms with Crippen molar-refractivity contribution in [1.82, 2.24) is 9.78 Å². The highest BCUT2D eigenvalue weighted by Crippen LogP contribution is 2.34. The van der Waals surface area contributed by atoms with Gasteiger partial charge in [-0.25, -0.2) is 0 Å². The number of benzene rings is 1. The summed E-state index contributed by atoms with van der Waals surface area (Å²) in [4.78, 5) is 12.0. The van der Waals surface area contributed by atoms with E-state index in [0.29, 0.717) is 6.42 Å². The SMILES string of the molecule is CCSC(C)(CC(=O)c1ccccc1)n1cccn1. The number of aromatic nitrogens is 2. The maximum atomic E-state index is 12.4. The van der Waals surface area contributed by atoms with E-state index in [2.05, 4.69) is 18.9 Å². The Morgan fingerprint density at radius 3 is 2.63 bits per heavy atom. The maximum absolute atomic E-state index is 12.4. The van der Waals surface area contributed by atoms with Crippen LogP contribution in [0.5, 0.6) is 0 Å². The van der Waals surface area contributed by atoms with Crippen LogP contribution in [0.3, 0.4) is 0 Å². The number of carbonyl (C=O) groups is 1. The second kappa shape index (κ2) is 6.06. The third-order valence-electron chi connectivity index (χ3n) is 3.03. The summed E-state index contributed by atoms with van der Waals surface area (Å²) >= 11 is 1.74. The van der Waals surface area contributed by atoms with E-state index >= 15 is 0 Å². The summed E-state index contributed by atoms with van der Waals surface area (Å²) in [5.74, 6) is 1.10. The van der Waals surface area contributed by atoms with Crippen molar-refractivity contribution in [1.29, 1.82) is 0 Å². The summed E-state index contributed by atoms with van der Waals surface area (Å²) in [6.45, 7) is 4.16. The second-order valence-corrected chi connectivity index (χ2v) is 6.27. The molecule has 1 atom stereocenters. The molecule has 0 radical (unpaired) electrons. The van der Waals surface area contributed by atoms with E-state index in [0.717, 1.165) is 11.3 Å². The van der Waals surface area contributed by atoms with Crippen molar-refractivity contribution in [2.45, 2.75) is 25.1 Å². The zero-order chi connectivity index (χ0) is 13.7. The van der Waals surface area contributed by atoms with E-state index < -0.39 is 0 Å². The van der Waals surface area contributed by atoms with Crippen LogP contribution in [0.25, 0.3) is 0 Å². The molecule has 1 aromatic carbocycles. The van der Waals surface area contributed by atoms with Crippen LogP contribution in [-0.4, -0.2) is 21.3 Å². The van der Waals surface area contributed by atoms with Crippen molar-refractivity contribution in [2.24, 2.45) is 0 Å². The zero-order valence-corrected chi connectivity index (χ0v) is 12.1. The first-order chi connectivity index (χ1) is 9.15. The van der Waals surface area contributed by atoms with Gasteiger partial charge in [-0.05, 0) is 18.7 Å². The molecule has 0 saturated heterocycles. The van der Waals surface area contributed by atoms with Crippen LogP contribution in [0.4, 0.5) is 0 Å². The number of carbonyl (C=O) groups excluding carboxylic acids is 1. The normalized spacial score (nSPS) is 14.0. The Kier molecular flexibility index (Phi) is 4.43. The van der Waals surface area contributed by atoms with Crippen LogP contribution < -0.4 is 0 Å². The molecular formula is C15H18N2OS. The van der Waals surface area contributed by atoms with Gasteiger partial charge in [0, 0.05) is 24.4 Å². The number of ketones is 1. The standard InChI is InChI=1S/C15H18N2OS/c1-3-19-15(2,17-11-7-10-16-17)12-14(18)13-8-5-4-6-9-13/h4-11H,3,12H2,1-2H3. The van der Waals surface area contributed by atoms with Gasteiger partial charge < -0.3 is 0 Å². The van der Waals surface area contributed by atoms with Gasteiger partial charge in [0.2, 0.25) is 0 Å². The molecule has 2 rings (SSSR count). The van der Waals surface area contributed by atoms with Crippen LogP contribution in [0, 0.1) is 0 Å². The van der Waals surface area contributed by atoms with Gasteiger partial charge in [0.25, 0.3) is 0 Å². The van der Waals surface area contributed by atoms with Gasteiger partial charge in [0.15, 0.2) is 5.78 Å². The minimum atomic E-state index is -0.328. The summed E-state index contributed by atoms with van der Waals surface area (Å²) in [6, 6.07) is 11.3. The lowest BCUT2D eigenvalue weighted by Crippen LogP contribution is -2.30. The van der Waals surface area contributed by atoms with Crippen molar-refractivity contribution >= 4 is 17.5 Å². The largest absolute Gasteiger partial charge is 0.294 e. The third-order valence-corrected chi connectivity index (χ3v) is 4.27. The number of Topliss-reactive ketones (excluding diaryl/α,β-unsaturated/α-hetero) is 1. The molecular weight excluding hydrogens is 256 g/mol. The molecule has 4 heteroatoms. The van der Waals surface area contributed by atoms with Gasteiger partial charge in [0.1, 0.15) is 4.87 Å². The predicted molar refractivity (Wildman–Crippen MR) is 79.4 cm³/mol. The second-order valence-electron chi connectivity index (χ2n) is 4.52. The molecule has 0 aliphatic rings. The fourth-order valence-corrected chi connectivity index (χ4v) is 3.18. The van der Waals surface area contributed by atoms with E-state index in [1.807, 2.05) is 47.3 Å². The van der Waals surface area contributed by atoms with Crippen molar-refractivity contribution in [3.63, 3.8) is 0 Å². The molecule has 0 saturated carbocycles. The number of hydrogen-bond acceptors (Lipinski definition) is 3. The number of hydrogen-bond donors (Lipinski definition) is 0. The summed E-state index contributed by atoms with van der Waals surface area (Å²) < 4.78 is 1.88. The number of thioether (sulfide) groups is 1. The first kappa shape index (κ1) is 13.9. The van der Waals surface area contributed by atoms with Crippen LogP contribution in [0.1, 0.15) is 30.6 Å². The lowest BCUT2D eigenvalue weighted by molar-refractivity contribution is 0.0955. The highest BCUT2D eigenvalue weighted by molar-refractivity contribution is 7.99. The highest BCUT2D eigenvalue weighted by atomic mass is 32.2. The minimum absolute atomic E-state index is 0.152. The molecule has 2 aromatic rings. The first-order valence-electron chi connectivity index (χ1n) is 6.38. The molecule has 0 bridgehead atoms. The van der Waals surface area contributed by atoms with Gasteiger partial charge in [-0.2, -0.15) is 5.10 Å². The van der Waals surface area contributed by atoms with Crippen LogP contribution in [0.2, 0.25) is 0 Å². The summed E-state index contributed by atoms with van der Waals surface area (Å²) in [6.07, 6.45) is 4.11. The van der Waals surface area contributed by atoms with Gasteiger partial charge in [-0.15, -0.1) is 11.8 Å². The van der Waals surface area contributed by atoms with E-state index in [-0.39, 0.29) is 10.7 Å². The molecule has 1 unspecified atom stereocenters. The summed E-state index contributed by atoms with van der Waals surface area (Å²) in [5.41, 5.74) is 0.762. The fraction of sp³-hybridized carbons (Fsp3) is 0.333. The molecule has 0 amide bonds. The van der Waals surface area contributed by atoms with Crippen molar-refractivity contribution in [3.05, 3.63) is 54.4 Å². The third kappa shape index (κ3) is 3.26. The molecule has 19 heavy (non-hydrogen) atoms. The Labute approximate surface area is 118 Å². The average molecular weight is 274 g/mol. The minimum Gasteiger partial charge on any atom is -0.294 e. The van der Waals surface area contributed by atoms with Crippen LogP contribution in [0.15, 0.2) is 48.8 Å². The number of rotatable bonds is 6. The Hall–Kier alpha value is -1.55.